The second-order valence-corrected chi connectivity index (χ2v) is 3.30. The maximum atomic E-state index is 12.0. The van der Waals surface area contributed by atoms with E-state index in [4.69, 9.17) is 5.11 Å². The fraction of sp³-hybridized carbons (Fsp3) is 0.333. The molecular formula is C12H13F3O4. The molecule has 0 spiro atoms. The van der Waals surface area contributed by atoms with Crippen LogP contribution >= 0.6 is 0 Å². The molecule has 0 heterocycles. The number of alkyl halides is 3. The molecule has 1 aromatic rings. The maximum Gasteiger partial charge on any atom is 0.416 e. The van der Waals surface area contributed by atoms with Gasteiger partial charge in [0.2, 0.25) is 0 Å². The molecule has 0 aliphatic heterocycles. The number of carboxylic acid groups (broad SMARTS) is 1. The first kappa shape index (κ1) is 16.9. The highest BCUT2D eigenvalue weighted by atomic mass is 19.4. The Morgan fingerprint density at radius 3 is 1.89 bits per heavy atom. The second kappa shape index (κ2) is 7.40. The van der Waals surface area contributed by atoms with Gasteiger partial charge in [0.05, 0.1) is 17.7 Å². The van der Waals surface area contributed by atoms with E-state index < -0.39 is 17.7 Å². The molecule has 0 aromatic heterocycles. The molecule has 0 fully saturated rings. The molecule has 4 nitrogen and oxygen atoms in total. The van der Waals surface area contributed by atoms with Crippen molar-refractivity contribution in [1.82, 2.24) is 0 Å². The average molecular weight is 278 g/mol. The van der Waals surface area contributed by atoms with Crippen LogP contribution in [0, 0.1) is 0 Å². The van der Waals surface area contributed by atoms with Crippen LogP contribution in [0.15, 0.2) is 24.3 Å². The van der Waals surface area contributed by atoms with Crippen molar-refractivity contribution in [3.8, 4) is 0 Å². The predicted molar refractivity (Wildman–Crippen MR) is 60.7 cm³/mol. The van der Waals surface area contributed by atoms with Crippen LogP contribution in [-0.4, -0.2) is 23.7 Å². The van der Waals surface area contributed by atoms with Crippen LogP contribution in [0.1, 0.15) is 29.8 Å². The van der Waals surface area contributed by atoms with Crippen molar-refractivity contribution < 1.29 is 32.6 Å². The molecule has 0 aliphatic carbocycles. The molecule has 1 rings (SSSR count). The highest BCUT2D eigenvalue weighted by Gasteiger charge is 2.30. The number of hydrogen-bond acceptors (Lipinski definition) is 3. The van der Waals surface area contributed by atoms with Crippen LogP contribution in [-0.2, 0) is 15.7 Å². The molecule has 0 radical (unpaired) electrons. The van der Waals surface area contributed by atoms with Crippen molar-refractivity contribution in [1.29, 1.82) is 0 Å². The SMILES string of the molecule is CCOC(C)=O.O=C(O)c1ccc(C(F)(F)F)cc1. The minimum atomic E-state index is -4.42. The molecule has 0 aliphatic rings. The monoisotopic (exact) mass is 278 g/mol. The van der Waals surface area contributed by atoms with E-state index in [0.29, 0.717) is 6.61 Å². The summed E-state index contributed by atoms with van der Waals surface area (Å²) in [6, 6.07) is 3.32. The number of esters is 1. The van der Waals surface area contributed by atoms with Gasteiger partial charge in [-0.2, -0.15) is 13.2 Å². The van der Waals surface area contributed by atoms with E-state index in [1.54, 1.807) is 6.92 Å². The van der Waals surface area contributed by atoms with Crippen molar-refractivity contribution in [3.05, 3.63) is 35.4 Å². The van der Waals surface area contributed by atoms with Crippen molar-refractivity contribution in [2.24, 2.45) is 0 Å². The molecule has 0 amide bonds. The van der Waals surface area contributed by atoms with E-state index in [1.807, 2.05) is 0 Å². The normalized spacial score (nSPS) is 10.2. The van der Waals surface area contributed by atoms with Crippen molar-refractivity contribution in [3.63, 3.8) is 0 Å². The summed E-state index contributed by atoms with van der Waals surface area (Å²) in [4.78, 5) is 20.1. The lowest BCUT2D eigenvalue weighted by Gasteiger charge is -2.05. The Balaban J connectivity index is 0.000000459. The Morgan fingerprint density at radius 1 is 1.21 bits per heavy atom. The Hall–Kier alpha value is -2.05. The summed E-state index contributed by atoms with van der Waals surface area (Å²) in [7, 11) is 0. The molecule has 106 valence electrons. The summed E-state index contributed by atoms with van der Waals surface area (Å²) in [5, 5.41) is 8.40. The number of halogens is 3. The minimum Gasteiger partial charge on any atom is -0.478 e. The molecule has 0 saturated carbocycles. The van der Waals surface area contributed by atoms with Crippen molar-refractivity contribution >= 4 is 11.9 Å². The van der Waals surface area contributed by atoms with Gasteiger partial charge in [-0.3, -0.25) is 4.79 Å². The summed E-state index contributed by atoms with van der Waals surface area (Å²) >= 11 is 0. The largest absolute Gasteiger partial charge is 0.478 e. The topological polar surface area (TPSA) is 63.6 Å². The molecule has 1 N–H and O–H groups in total. The molecule has 1 aromatic carbocycles. The molecule has 0 atom stereocenters. The zero-order valence-electron chi connectivity index (χ0n) is 10.3. The lowest BCUT2D eigenvalue weighted by atomic mass is 10.1. The molecule has 0 saturated heterocycles. The first-order chi connectivity index (χ1) is 8.68. The number of benzene rings is 1. The second-order valence-electron chi connectivity index (χ2n) is 3.30. The number of rotatable bonds is 2. The van der Waals surface area contributed by atoms with E-state index in [9.17, 15) is 22.8 Å². The van der Waals surface area contributed by atoms with Crippen LogP contribution < -0.4 is 0 Å². The van der Waals surface area contributed by atoms with Crippen molar-refractivity contribution in [2.75, 3.05) is 6.61 Å². The van der Waals surface area contributed by atoms with Gasteiger partial charge >= 0.3 is 18.1 Å². The number of carbonyl (C=O) groups excluding carboxylic acids is 1. The van der Waals surface area contributed by atoms with Gasteiger partial charge in [0, 0.05) is 6.92 Å². The van der Waals surface area contributed by atoms with Gasteiger partial charge in [0.25, 0.3) is 0 Å². The summed E-state index contributed by atoms with van der Waals surface area (Å²) in [5.41, 5.74) is -1.01. The Kier molecular flexibility index (Phi) is 6.60. The van der Waals surface area contributed by atoms with Crippen LogP contribution in [0.3, 0.4) is 0 Å². The summed E-state index contributed by atoms with van der Waals surface area (Å²) < 4.78 is 40.3. The summed E-state index contributed by atoms with van der Waals surface area (Å²) in [5.74, 6) is -1.45. The lowest BCUT2D eigenvalue weighted by molar-refractivity contribution is -0.140. The van der Waals surface area contributed by atoms with Gasteiger partial charge in [-0.15, -0.1) is 0 Å². The number of aromatic carboxylic acids is 1. The van der Waals surface area contributed by atoms with Crippen LogP contribution in [0.4, 0.5) is 13.2 Å². The van der Waals surface area contributed by atoms with E-state index >= 15 is 0 Å². The minimum absolute atomic E-state index is 0.159. The first-order valence-corrected chi connectivity index (χ1v) is 5.22. The van der Waals surface area contributed by atoms with E-state index in [1.165, 1.54) is 6.92 Å². The third kappa shape index (κ3) is 7.07. The first-order valence-electron chi connectivity index (χ1n) is 5.22. The number of ether oxygens (including phenoxy) is 1. The van der Waals surface area contributed by atoms with Crippen LogP contribution in [0.2, 0.25) is 0 Å². The third-order valence-corrected chi connectivity index (χ3v) is 1.81. The van der Waals surface area contributed by atoms with Gasteiger partial charge in [-0.05, 0) is 31.2 Å². The van der Waals surface area contributed by atoms with Gasteiger partial charge in [-0.1, -0.05) is 0 Å². The number of hydrogen-bond donors (Lipinski definition) is 1. The fourth-order valence-corrected chi connectivity index (χ4v) is 1.01. The van der Waals surface area contributed by atoms with Gasteiger partial charge in [0.15, 0.2) is 0 Å². The van der Waals surface area contributed by atoms with Crippen LogP contribution in [0.25, 0.3) is 0 Å². The zero-order chi connectivity index (χ0) is 15.1. The molecule has 0 bridgehead atoms. The fourth-order valence-electron chi connectivity index (χ4n) is 1.01. The maximum absolute atomic E-state index is 12.0. The van der Waals surface area contributed by atoms with E-state index in [2.05, 4.69) is 4.74 Å². The third-order valence-electron chi connectivity index (χ3n) is 1.81. The number of carbonyl (C=O) groups is 2. The van der Waals surface area contributed by atoms with Crippen LogP contribution in [0.5, 0.6) is 0 Å². The quantitative estimate of drug-likeness (QED) is 0.845. The zero-order valence-corrected chi connectivity index (χ0v) is 10.3. The lowest BCUT2D eigenvalue weighted by Crippen LogP contribution is -2.05. The summed E-state index contributed by atoms with van der Waals surface area (Å²) in [6.45, 7) is 3.65. The van der Waals surface area contributed by atoms with E-state index in [0.717, 1.165) is 24.3 Å². The highest BCUT2D eigenvalue weighted by Crippen LogP contribution is 2.28. The Bertz CT molecular complexity index is 424. The highest BCUT2D eigenvalue weighted by molar-refractivity contribution is 5.87. The summed E-state index contributed by atoms with van der Waals surface area (Å²) in [6.07, 6.45) is -4.42. The Labute approximate surface area is 107 Å². The molecular weight excluding hydrogens is 265 g/mol. The van der Waals surface area contributed by atoms with Gasteiger partial charge < -0.3 is 9.84 Å². The molecule has 0 unspecified atom stereocenters. The Morgan fingerprint density at radius 2 is 1.68 bits per heavy atom. The smallest absolute Gasteiger partial charge is 0.416 e. The molecule has 7 heteroatoms. The van der Waals surface area contributed by atoms with E-state index in [-0.39, 0.29) is 11.5 Å². The standard InChI is InChI=1S/C8H5F3O2.C4H8O2/c9-8(10,11)6-3-1-5(2-4-6)7(12)13;1-3-6-4(2)5/h1-4H,(H,12,13);3H2,1-2H3. The van der Waals surface area contributed by atoms with Crippen molar-refractivity contribution in [2.45, 2.75) is 20.0 Å². The number of carboxylic acids is 1. The average Bonchev–Trinajstić information content (AvgIpc) is 2.28. The van der Waals surface area contributed by atoms with Gasteiger partial charge in [0.1, 0.15) is 0 Å². The molecule has 19 heavy (non-hydrogen) atoms. The predicted octanol–water partition coefficient (Wildman–Crippen LogP) is 2.97. The van der Waals surface area contributed by atoms with Gasteiger partial charge in [-0.25, -0.2) is 4.79 Å².